The summed E-state index contributed by atoms with van der Waals surface area (Å²) in [5.41, 5.74) is 4.42. The van der Waals surface area contributed by atoms with Gasteiger partial charge in [0.25, 0.3) is 0 Å². The third-order valence-electron chi connectivity index (χ3n) is 5.73. The topological polar surface area (TPSA) is 118 Å². The molecule has 1 aromatic heterocycles. The molecule has 0 saturated heterocycles. The lowest BCUT2D eigenvalue weighted by atomic mass is 10.0. The highest BCUT2D eigenvalue weighted by atomic mass is 32.2. The standard InChI is InChI=1S/C23H25N3O5S/c1-15-13-16(19-5-2-3-7-21(19)24-15)14-31-17-9-11-18(12-10-17)32(29,30)26-22-8-4-6-20(22)23(27)25-28/h2-3,5,7,9-13,20,22,26,28H,4,6,8,14H2,1H3,(H,25,27). The molecule has 32 heavy (non-hydrogen) atoms. The molecule has 2 atom stereocenters. The summed E-state index contributed by atoms with van der Waals surface area (Å²) in [6.07, 6.45) is 1.77. The minimum Gasteiger partial charge on any atom is -0.489 e. The van der Waals surface area contributed by atoms with Crippen LogP contribution in [0, 0.1) is 12.8 Å². The molecule has 0 spiro atoms. The van der Waals surface area contributed by atoms with E-state index < -0.39 is 27.9 Å². The molecule has 2 unspecified atom stereocenters. The smallest absolute Gasteiger partial charge is 0.248 e. The minimum atomic E-state index is -3.81. The summed E-state index contributed by atoms with van der Waals surface area (Å²) in [7, 11) is -3.81. The Morgan fingerprint density at radius 3 is 2.66 bits per heavy atom. The second kappa shape index (κ2) is 9.23. The second-order valence-corrected chi connectivity index (χ2v) is 9.66. The van der Waals surface area contributed by atoms with Gasteiger partial charge in [0.15, 0.2) is 0 Å². The van der Waals surface area contributed by atoms with E-state index in [0.717, 1.165) is 22.2 Å². The van der Waals surface area contributed by atoms with E-state index in [1.165, 1.54) is 12.1 Å². The molecule has 8 nitrogen and oxygen atoms in total. The highest BCUT2D eigenvalue weighted by Gasteiger charge is 2.35. The average molecular weight is 456 g/mol. The fourth-order valence-corrected chi connectivity index (χ4v) is 5.47. The predicted octanol–water partition coefficient (Wildman–Crippen LogP) is 3.07. The summed E-state index contributed by atoms with van der Waals surface area (Å²) < 4.78 is 34.0. The van der Waals surface area contributed by atoms with Gasteiger partial charge in [-0.05, 0) is 56.2 Å². The van der Waals surface area contributed by atoms with Crippen LogP contribution in [0.3, 0.4) is 0 Å². The molecule has 3 N–H and O–H groups in total. The van der Waals surface area contributed by atoms with E-state index in [2.05, 4.69) is 9.71 Å². The maximum atomic E-state index is 12.8. The molecular formula is C23H25N3O5S. The van der Waals surface area contributed by atoms with Crippen molar-refractivity contribution in [3.8, 4) is 5.75 Å². The van der Waals surface area contributed by atoms with Gasteiger partial charge in [-0.2, -0.15) is 0 Å². The number of fused-ring (bicyclic) bond motifs is 1. The molecule has 0 aliphatic heterocycles. The number of nitrogens with zero attached hydrogens (tertiary/aromatic N) is 1. The van der Waals surface area contributed by atoms with Crippen LogP contribution in [0.1, 0.15) is 30.5 Å². The SMILES string of the molecule is Cc1cc(COc2ccc(S(=O)(=O)NC3CCCC3C(=O)NO)cc2)c2ccccc2n1. The van der Waals surface area contributed by atoms with E-state index in [9.17, 15) is 13.2 Å². The van der Waals surface area contributed by atoms with Gasteiger partial charge in [-0.3, -0.25) is 15.0 Å². The number of aromatic nitrogens is 1. The molecule has 1 fully saturated rings. The molecule has 1 aliphatic rings. The van der Waals surface area contributed by atoms with E-state index in [-0.39, 0.29) is 4.90 Å². The first-order valence-electron chi connectivity index (χ1n) is 10.4. The Labute approximate surface area is 186 Å². The van der Waals surface area contributed by atoms with Crippen molar-refractivity contribution >= 4 is 26.8 Å². The fourth-order valence-electron chi connectivity index (χ4n) is 4.16. The van der Waals surface area contributed by atoms with Gasteiger partial charge in [0, 0.05) is 22.7 Å². The Balaban J connectivity index is 1.45. The van der Waals surface area contributed by atoms with Crippen molar-refractivity contribution in [1.82, 2.24) is 15.2 Å². The van der Waals surface area contributed by atoms with Gasteiger partial charge in [0.1, 0.15) is 12.4 Å². The van der Waals surface area contributed by atoms with Gasteiger partial charge in [0.05, 0.1) is 16.3 Å². The van der Waals surface area contributed by atoms with Crippen molar-refractivity contribution in [3.05, 3.63) is 65.9 Å². The first-order valence-corrected chi connectivity index (χ1v) is 11.9. The average Bonchev–Trinajstić information content (AvgIpc) is 3.24. The number of ether oxygens (including phenoxy) is 1. The summed E-state index contributed by atoms with van der Waals surface area (Å²) in [5, 5.41) is 9.88. The van der Waals surface area contributed by atoms with Crippen LogP contribution in [-0.4, -0.2) is 30.6 Å². The van der Waals surface area contributed by atoms with Crippen LogP contribution in [0.4, 0.5) is 0 Å². The molecule has 0 radical (unpaired) electrons. The third kappa shape index (κ3) is 4.74. The number of nitrogens with one attached hydrogen (secondary N) is 2. The normalized spacial score (nSPS) is 18.6. The summed E-state index contributed by atoms with van der Waals surface area (Å²) in [6.45, 7) is 2.26. The van der Waals surface area contributed by atoms with Gasteiger partial charge >= 0.3 is 0 Å². The maximum Gasteiger partial charge on any atom is 0.248 e. The summed E-state index contributed by atoms with van der Waals surface area (Å²) in [4.78, 5) is 16.4. The number of carbonyl (C=O) groups is 1. The fraction of sp³-hybridized carbons (Fsp3) is 0.304. The largest absolute Gasteiger partial charge is 0.489 e. The zero-order valence-electron chi connectivity index (χ0n) is 17.6. The van der Waals surface area contributed by atoms with Crippen LogP contribution in [0.5, 0.6) is 5.75 Å². The number of para-hydroxylation sites is 1. The van der Waals surface area contributed by atoms with Crippen molar-refractivity contribution in [1.29, 1.82) is 0 Å². The Bertz CT molecular complexity index is 1230. The van der Waals surface area contributed by atoms with Gasteiger partial charge < -0.3 is 4.74 Å². The molecule has 4 rings (SSSR count). The number of benzene rings is 2. The van der Waals surface area contributed by atoms with Crippen LogP contribution in [0.2, 0.25) is 0 Å². The first-order chi connectivity index (χ1) is 15.4. The zero-order chi connectivity index (χ0) is 22.7. The number of aryl methyl sites for hydroxylation is 1. The molecule has 1 heterocycles. The molecule has 0 bridgehead atoms. The molecule has 3 aromatic rings. The number of amides is 1. The van der Waals surface area contributed by atoms with E-state index in [1.807, 2.05) is 37.3 Å². The second-order valence-electron chi connectivity index (χ2n) is 7.94. The number of hydrogen-bond acceptors (Lipinski definition) is 6. The lowest BCUT2D eigenvalue weighted by Crippen LogP contribution is -2.43. The minimum absolute atomic E-state index is 0.0881. The Kier molecular flexibility index (Phi) is 6.40. The van der Waals surface area contributed by atoms with E-state index in [4.69, 9.17) is 9.94 Å². The molecule has 168 valence electrons. The molecule has 2 aromatic carbocycles. The van der Waals surface area contributed by atoms with Crippen molar-refractivity contribution in [2.75, 3.05) is 0 Å². The van der Waals surface area contributed by atoms with Crippen molar-refractivity contribution in [2.45, 2.75) is 43.7 Å². The first kappa shape index (κ1) is 22.2. The van der Waals surface area contributed by atoms with Gasteiger partial charge in [-0.15, -0.1) is 0 Å². The van der Waals surface area contributed by atoms with E-state index in [0.29, 0.717) is 31.6 Å². The highest BCUT2D eigenvalue weighted by molar-refractivity contribution is 7.89. The van der Waals surface area contributed by atoms with Gasteiger partial charge in [-0.25, -0.2) is 18.6 Å². The number of rotatable bonds is 7. The molecule has 9 heteroatoms. The highest BCUT2D eigenvalue weighted by Crippen LogP contribution is 2.28. The number of pyridine rings is 1. The third-order valence-corrected chi connectivity index (χ3v) is 7.23. The van der Waals surface area contributed by atoms with Gasteiger partial charge in [0.2, 0.25) is 15.9 Å². The van der Waals surface area contributed by atoms with Crippen LogP contribution >= 0.6 is 0 Å². The van der Waals surface area contributed by atoms with Crippen LogP contribution in [0.15, 0.2) is 59.5 Å². The van der Waals surface area contributed by atoms with Crippen molar-refractivity contribution < 1.29 is 23.2 Å². The molecule has 1 aliphatic carbocycles. The maximum absolute atomic E-state index is 12.8. The number of sulfonamides is 1. The van der Waals surface area contributed by atoms with Crippen LogP contribution in [0.25, 0.3) is 10.9 Å². The van der Waals surface area contributed by atoms with Crippen molar-refractivity contribution in [3.63, 3.8) is 0 Å². The van der Waals surface area contributed by atoms with Gasteiger partial charge in [-0.1, -0.05) is 24.6 Å². The molecule has 1 saturated carbocycles. The monoisotopic (exact) mass is 455 g/mol. The van der Waals surface area contributed by atoms with E-state index >= 15 is 0 Å². The van der Waals surface area contributed by atoms with E-state index in [1.54, 1.807) is 17.6 Å². The summed E-state index contributed by atoms with van der Waals surface area (Å²) in [6, 6.07) is 15.4. The Morgan fingerprint density at radius 1 is 1.16 bits per heavy atom. The van der Waals surface area contributed by atoms with Crippen molar-refractivity contribution in [2.24, 2.45) is 5.92 Å². The zero-order valence-corrected chi connectivity index (χ0v) is 18.4. The number of hydrogen-bond donors (Lipinski definition) is 3. The Morgan fingerprint density at radius 2 is 1.91 bits per heavy atom. The number of carbonyl (C=O) groups excluding carboxylic acids is 1. The van der Waals surface area contributed by atoms with Crippen LogP contribution in [-0.2, 0) is 21.4 Å². The quantitative estimate of drug-likeness (QED) is 0.372. The predicted molar refractivity (Wildman–Crippen MR) is 119 cm³/mol. The molecule has 1 amide bonds. The molecular weight excluding hydrogens is 430 g/mol. The summed E-state index contributed by atoms with van der Waals surface area (Å²) in [5.74, 6) is -0.616. The summed E-state index contributed by atoms with van der Waals surface area (Å²) >= 11 is 0. The Hall–Kier alpha value is -3.01. The lowest BCUT2D eigenvalue weighted by Gasteiger charge is -2.19. The van der Waals surface area contributed by atoms with Crippen LogP contribution < -0.4 is 14.9 Å². The number of hydroxylamine groups is 1. The lowest BCUT2D eigenvalue weighted by molar-refractivity contribution is -0.133.